The van der Waals surface area contributed by atoms with Crippen molar-refractivity contribution in [3.8, 4) is 0 Å². The van der Waals surface area contributed by atoms with Crippen molar-refractivity contribution >= 4 is 10.2 Å². The van der Waals surface area contributed by atoms with Crippen LogP contribution in [-0.2, 0) is 26.5 Å². The zero-order valence-corrected chi connectivity index (χ0v) is 15.8. The van der Waals surface area contributed by atoms with Gasteiger partial charge in [-0.3, -0.25) is 0 Å². The molecule has 0 spiro atoms. The van der Waals surface area contributed by atoms with Gasteiger partial charge in [0.2, 0.25) is 5.79 Å². The highest BCUT2D eigenvalue weighted by Crippen LogP contribution is 2.33. The Morgan fingerprint density at radius 1 is 1.10 bits per heavy atom. The van der Waals surface area contributed by atoms with Gasteiger partial charge < -0.3 is 18.7 Å². The normalized spacial score (nSPS) is 14.5. The summed E-state index contributed by atoms with van der Waals surface area (Å²) in [6, 6.07) is 8.28. The van der Waals surface area contributed by atoms with E-state index >= 15 is 0 Å². The van der Waals surface area contributed by atoms with Crippen LogP contribution in [0.1, 0.15) is 11.1 Å². The Balaban J connectivity index is 3.34. The predicted molar refractivity (Wildman–Crippen MR) is 84.6 cm³/mol. The highest BCUT2D eigenvalue weighted by Gasteiger charge is 2.41. The van der Waals surface area contributed by atoms with E-state index in [4.69, 9.17) is 14.2 Å². The first-order valence-electron chi connectivity index (χ1n) is 6.82. The van der Waals surface area contributed by atoms with Crippen molar-refractivity contribution in [2.24, 2.45) is 0 Å². The van der Waals surface area contributed by atoms with Gasteiger partial charge in [0.05, 0.1) is 26.9 Å². The summed E-state index contributed by atoms with van der Waals surface area (Å²) >= 11 is 0. The second-order valence-electron chi connectivity index (χ2n) is 6.06. The number of hydrogen-bond donors (Lipinski definition) is 0. The second kappa shape index (κ2) is 6.82. The molecular formula is C15H28NO3Si+. The Hall–Kier alpha value is -0.723. The van der Waals surface area contributed by atoms with Crippen LogP contribution in [0.2, 0.25) is 0 Å². The standard InChI is InChI=1S/C15H28NO3Si/c1-16(2,3)11-12-9-7-8-10-13(12)15(18-5,19-6)14(20)17-4/h7-10,14H,11H2,1-6,20H3/q+1. The lowest BCUT2D eigenvalue weighted by atomic mass is 9.98. The van der Waals surface area contributed by atoms with E-state index < -0.39 is 5.79 Å². The molecule has 5 heteroatoms. The zero-order valence-electron chi connectivity index (χ0n) is 13.8. The average molecular weight is 298 g/mol. The molecule has 0 aliphatic heterocycles. The van der Waals surface area contributed by atoms with Crippen LogP contribution < -0.4 is 0 Å². The van der Waals surface area contributed by atoms with E-state index in [1.807, 2.05) is 6.07 Å². The van der Waals surface area contributed by atoms with E-state index in [2.05, 4.69) is 39.3 Å². The SMILES string of the molecule is COC([SiH3])C(OC)(OC)c1ccccc1C[N+](C)(C)C. The fraction of sp³-hybridized carbons (Fsp3) is 0.600. The van der Waals surface area contributed by atoms with E-state index in [0.29, 0.717) is 0 Å². The fourth-order valence-electron chi connectivity index (χ4n) is 2.52. The van der Waals surface area contributed by atoms with E-state index in [1.54, 1.807) is 21.3 Å². The second-order valence-corrected chi connectivity index (χ2v) is 7.11. The summed E-state index contributed by atoms with van der Waals surface area (Å²) in [7, 11) is 12.4. The van der Waals surface area contributed by atoms with Crippen molar-refractivity contribution in [1.82, 2.24) is 0 Å². The maximum absolute atomic E-state index is 5.76. The molecule has 4 nitrogen and oxygen atoms in total. The van der Waals surface area contributed by atoms with Crippen molar-refractivity contribution in [2.75, 3.05) is 42.5 Å². The summed E-state index contributed by atoms with van der Waals surface area (Å²) in [6.45, 7) is 0.905. The van der Waals surface area contributed by atoms with E-state index in [9.17, 15) is 0 Å². The van der Waals surface area contributed by atoms with Gasteiger partial charge in [0.15, 0.2) is 0 Å². The van der Waals surface area contributed by atoms with Crippen LogP contribution in [0.4, 0.5) is 0 Å². The smallest absolute Gasteiger partial charge is 0.217 e. The minimum absolute atomic E-state index is 0.0777. The first-order valence-corrected chi connectivity index (χ1v) is 7.98. The summed E-state index contributed by atoms with van der Waals surface area (Å²) in [4.78, 5) is 0. The summed E-state index contributed by atoms with van der Waals surface area (Å²) in [5.41, 5.74) is 2.20. The molecule has 1 atom stereocenters. The topological polar surface area (TPSA) is 27.7 Å². The van der Waals surface area contributed by atoms with Crippen molar-refractivity contribution in [1.29, 1.82) is 0 Å². The molecule has 0 N–H and O–H groups in total. The Morgan fingerprint density at radius 3 is 2.10 bits per heavy atom. The summed E-state index contributed by atoms with van der Waals surface area (Å²) in [5.74, 6) is -0.827. The number of ether oxygens (including phenoxy) is 3. The van der Waals surface area contributed by atoms with Gasteiger partial charge in [0.1, 0.15) is 6.54 Å². The highest BCUT2D eigenvalue weighted by atomic mass is 28.1. The lowest BCUT2D eigenvalue weighted by Crippen LogP contribution is -2.46. The van der Waals surface area contributed by atoms with Crippen LogP contribution in [0.25, 0.3) is 0 Å². The van der Waals surface area contributed by atoms with Crippen LogP contribution in [0.5, 0.6) is 0 Å². The van der Waals surface area contributed by atoms with Crippen LogP contribution >= 0.6 is 0 Å². The molecule has 0 aliphatic carbocycles. The average Bonchev–Trinajstić information content (AvgIpc) is 2.40. The number of rotatable bonds is 7. The Bertz CT molecular complexity index is 427. The molecule has 1 aromatic rings. The van der Waals surface area contributed by atoms with Gasteiger partial charge in [0.25, 0.3) is 0 Å². The number of hydrogen-bond acceptors (Lipinski definition) is 3. The number of nitrogens with zero attached hydrogens (tertiary/aromatic N) is 1. The van der Waals surface area contributed by atoms with Gasteiger partial charge in [-0.2, -0.15) is 0 Å². The third kappa shape index (κ3) is 3.68. The maximum atomic E-state index is 5.76. The lowest BCUT2D eigenvalue weighted by Gasteiger charge is -2.38. The molecule has 0 bridgehead atoms. The van der Waals surface area contributed by atoms with E-state index in [-0.39, 0.29) is 5.73 Å². The molecule has 0 amide bonds. The Labute approximate surface area is 125 Å². The minimum atomic E-state index is -0.827. The molecule has 0 heterocycles. The molecule has 0 saturated carbocycles. The monoisotopic (exact) mass is 298 g/mol. The van der Waals surface area contributed by atoms with Crippen LogP contribution in [0.15, 0.2) is 24.3 Å². The van der Waals surface area contributed by atoms with Crippen LogP contribution in [-0.4, -0.2) is 62.9 Å². The predicted octanol–water partition coefficient (Wildman–Crippen LogP) is 0.676. The summed E-state index contributed by atoms with van der Waals surface area (Å²) < 4.78 is 17.9. The lowest BCUT2D eigenvalue weighted by molar-refractivity contribution is -0.884. The number of benzene rings is 1. The third-order valence-corrected chi connectivity index (χ3v) is 4.76. The molecule has 0 radical (unpaired) electrons. The van der Waals surface area contributed by atoms with Crippen LogP contribution in [0, 0.1) is 0 Å². The van der Waals surface area contributed by atoms with Gasteiger partial charge in [-0.15, -0.1) is 0 Å². The van der Waals surface area contributed by atoms with Crippen molar-refractivity contribution in [2.45, 2.75) is 18.1 Å². The molecule has 0 aromatic heterocycles. The van der Waals surface area contributed by atoms with E-state index in [1.165, 1.54) is 5.56 Å². The highest BCUT2D eigenvalue weighted by molar-refractivity contribution is 6.11. The molecule has 1 unspecified atom stereocenters. The van der Waals surface area contributed by atoms with Crippen molar-refractivity contribution in [3.63, 3.8) is 0 Å². The quantitative estimate of drug-likeness (QED) is 0.421. The van der Waals surface area contributed by atoms with Crippen molar-refractivity contribution < 1.29 is 18.7 Å². The van der Waals surface area contributed by atoms with Gasteiger partial charge >= 0.3 is 0 Å². The molecule has 0 fully saturated rings. The first kappa shape index (κ1) is 17.3. The molecule has 1 rings (SSSR count). The van der Waals surface area contributed by atoms with Crippen molar-refractivity contribution in [3.05, 3.63) is 35.4 Å². The molecule has 0 aliphatic rings. The third-order valence-electron chi connectivity index (χ3n) is 3.53. The zero-order chi connectivity index (χ0) is 15.4. The summed E-state index contributed by atoms with van der Waals surface area (Å²) in [6.07, 6.45) is 0. The van der Waals surface area contributed by atoms with Gasteiger partial charge in [-0.1, -0.05) is 24.3 Å². The first-order chi connectivity index (χ1) is 9.30. The largest absolute Gasteiger partial charge is 0.380 e. The van der Waals surface area contributed by atoms with E-state index in [0.717, 1.165) is 26.8 Å². The van der Waals surface area contributed by atoms with Crippen LogP contribution in [0.3, 0.4) is 0 Å². The Morgan fingerprint density at radius 2 is 1.65 bits per heavy atom. The van der Waals surface area contributed by atoms with Gasteiger partial charge in [0, 0.05) is 42.7 Å². The molecular weight excluding hydrogens is 270 g/mol. The number of quaternary nitrogens is 1. The van der Waals surface area contributed by atoms with Gasteiger partial charge in [-0.25, -0.2) is 0 Å². The minimum Gasteiger partial charge on any atom is -0.380 e. The van der Waals surface area contributed by atoms with Gasteiger partial charge in [-0.05, 0) is 0 Å². The summed E-state index contributed by atoms with van der Waals surface area (Å²) in [5, 5.41) is 0. The molecule has 20 heavy (non-hydrogen) atoms. The molecule has 0 saturated heterocycles. The number of methoxy groups -OCH3 is 3. The maximum Gasteiger partial charge on any atom is 0.217 e. The Kier molecular flexibility index (Phi) is 5.91. The fourth-order valence-corrected chi connectivity index (χ4v) is 3.30. The molecule has 1 aromatic carbocycles. The molecule has 114 valence electrons.